The van der Waals surface area contributed by atoms with Gasteiger partial charge in [0.25, 0.3) is 0 Å². The molecule has 1 aromatic rings. The highest BCUT2D eigenvalue weighted by atomic mass is 16.3. The zero-order chi connectivity index (χ0) is 11.4. The van der Waals surface area contributed by atoms with Crippen LogP contribution in [-0.2, 0) is 12.8 Å². The molecule has 0 amide bonds. The smallest absolute Gasteiger partial charge is 0.167 e. The molecule has 0 bridgehead atoms. The number of fused-ring (bicyclic) bond motifs is 2. The van der Waals surface area contributed by atoms with Crippen molar-refractivity contribution in [2.45, 2.75) is 25.7 Å². The number of hydrogen-bond acceptors (Lipinski definition) is 4. The molecule has 2 aliphatic carbocycles. The second-order valence-corrected chi connectivity index (χ2v) is 4.25. The summed E-state index contributed by atoms with van der Waals surface area (Å²) in [6.45, 7) is 0. The van der Waals surface area contributed by atoms with Crippen LogP contribution in [0.15, 0.2) is 0 Å². The number of benzene rings is 1. The molecule has 16 heavy (non-hydrogen) atoms. The molecule has 0 atom stereocenters. The summed E-state index contributed by atoms with van der Waals surface area (Å²) in [5, 5.41) is 19.9. The number of phenolic OH excluding ortho intramolecular Hbond substituents is 2. The molecule has 0 saturated carbocycles. The Hall–Kier alpha value is -1.84. The van der Waals surface area contributed by atoms with Crippen LogP contribution in [0.5, 0.6) is 11.5 Å². The lowest BCUT2D eigenvalue weighted by Gasteiger charge is -2.10. The summed E-state index contributed by atoms with van der Waals surface area (Å²) in [4.78, 5) is 23.1. The summed E-state index contributed by atoms with van der Waals surface area (Å²) >= 11 is 0. The van der Waals surface area contributed by atoms with E-state index in [9.17, 15) is 19.8 Å². The molecule has 3 rings (SSSR count). The summed E-state index contributed by atoms with van der Waals surface area (Å²) in [6, 6.07) is 0. The summed E-state index contributed by atoms with van der Waals surface area (Å²) < 4.78 is 0. The maximum Gasteiger partial charge on any atom is 0.167 e. The lowest BCUT2D eigenvalue weighted by Crippen LogP contribution is -1.99. The molecule has 0 aliphatic heterocycles. The Morgan fingerprint density at radius 1 is 0.688 bits per heavy atom. The SMILES string of the molecule is O=C1CCc2c(O)c3c(c(O)c21)CCC3=O. The number of Topliss-reactive ketones (excluding diaryl/α,β-unsaturated/α-hetero) is 2. The standard InChI is InChI=1S/C12H10O4/c13-7-3-1-5-9(7)12(16)6-2-4-8(14)10(6)11(5)15/h15-16H,1-4H2. The minimum absolute atomic E-state index is 0.0869. The lowest BCUT2D eigenvalue weighted by molar-refractivity contribution is 0.0982. The van der Waals surface area contributed by atoms with E-state index in [4.69, 9.17) is 0 Å². The van der Waals surface area contributed by atoms with E-state index in [1.165, 1.54) is 0 Å². The van der Waals surface area contributed by atoms with Gasteiger partial charge in [0, 0.05) is 24.0 Å². The van der Waals surface area contributed by atoms with Gasteiger partial charge in [-0.1, -0.05) is 0 Å². The Morgan fingerprint density at radius 2 is 1.06 bits per heavy atom. The molecular weight excluding hydrogens is 208 g/mol. The second-order valence-electron chi connectivity index (χ2n) is 4.25. The first-order valence-electron chi connectivity index (χ1n) is 5.27. The van der Waals surface area contributed by atoms with Gasteiger partial charge in [-0.25, -0.2) is 0 Å². The molecule has 4 heteroatoms. The van der Waals surface area contributed by atoms with Crippen LogP contribution in [0.3, 0.4) is 0 Å². The molecule has 82 valence electrons. The fourth-order valence-electron chi connectivity index (χ4n) is 2.64. The number of phenols is 2. The van der Waals surface area contributed by atoms with Gasteiger partial charge in [0.2, 0.25) is 0 Å². The van der Waals surface area contributed by atoms with Crippen molar-refractivity contribution in [1.82, 2.24) is 0 Å². The van der Waals surface area contributed by atoms with Crippen LogP contribution in [0, 0.1) is 0 Å². The molecule has 0 spiro atoms. The normalized spacial score (nSPS) is 17.8. The van der Waals surface area contributed by atoms with Gasteiger partial charge in [-0.3, -0.25) is 9.59 Å². The molecule has 0 aromatic heterocycles. The maximum atomic E-state index is 11.6. The van der Waals surface area contributed by atoms with Crippen LogP contribution >= 0.6 is 0 Å². The van der Waals surface area contributed by atoms with Gasteiger partial charge >= 0.3 is 0 Å². The van der Waals surface area contributed by atoms with Crippen LogP contribution in [0.4, 0.5) is 0 Å². The van der Waals surface area contributed by atoms with Gasteiger partial charge < -0.3 is 10.2 Å². The van der Waals surface area contributed by atoms with Gasteiger partial charge in [0.1, 0.15) is 11.5 Å². The van der Waals surface area contributed by atoms with Crippen LogP contribution in [0.25, 0.3) is 0 Å². The Balaban J connectivity index is 2.41. The number of rotatable bonds is 0. The third-order valence-electron chi connectivity index (χ3n) is 3.41. The van der Waals surface area contributed by atoms with Crippen LogP contribution in [-0.4, -0.2) is 21.8 Å². The molecule has 4 nitrogen and oxygen atoms in total. The zero-order valence-electron chi connectivity index (χ0n) is 8.54. The van der Waals surface area contributed by atoms with E-state index in [2.05, 4.69) is 0 Å². The summed E-state index contributed by atoms with van der Waals surface area (Å²) in [6.07, 6.45) is 1.42. The van der Waals surface area contributed by atoms with E-state index in [-0.39, 0.29) is 34.2 Å². The Bertz CT molecular complexity index is 493. The highest BCUT2D eigenvalue weighted by Gasteiger charge is 2.35. The molecule has 0 radical (unpaired) electrons. The lowest BCUT2D eigenvalue weighted by atomic mass is 9.98. The predicted molar refractivity (Wildman–Crippen MR) is 55.1 cm³/mol. The molecule has 2 aliphatic rings. The first kappa shape index (κ1) is 9.39. The minimum atomic E-state index is -0.148. The summed E-state index contributed by atoms with van der Waals surface area (Å²) in [5.41, 5.74) is 1.34. The van der Waals surface area contributed by atoms with Crippen molar-refractivity contribution < 1.29 is 19.8 Å². The Kier molecular flexibility index (Phi) is 1.67. The maximum absolute atomic E-state index is 11.6. The molecule has 1 aromatic carbocycles. The van der Waals surface area contributed by atoms with E-state index in [1.54, 1.807) is 0 Å². The molecular formula is C12H10O4. The van der Waals surface area contributed by atoms with E-state index in [1.807, 2.05) is 0 Å². The van der Waals surface area contributed by atoms with E-state index < -0.39 is 0 Å². The number of hydrogen-bond donors (Lipinski definition) is 2. The topological polar surface area (TPSA) is 74.6 Å². The number of carbonyl (C=O) groups excluding carboxylic acids is 2. The largest absolute Gasteiger partial charge is 0.507 e. The fourth-order valence-corrected chi connectivity index (χ4v) is 2.64. The molecule has 0 unspecified atom stereocenters. The number of ketones is 2. The van der Waals surface area contributed by atoms with Crippen molar-refractivity contribution in [3.8, 4) is 11.5 Å². The van der Waals surface area contributed by atoms with E-state index >= 15 is 0 Å². The quantitative estimate of drug-likeness (QED) is 0.644. The Labute approximate surface area is 91.5 Å². The number of aromatic hydroxyl groups is 2. The van der Waals surface area contributed by atoms with E-state index in [0.29, 0.717) is 36.8 Å². The molecule has 2 N–H and O–H groups in total. The average molecular weight is 218 g/mol. The first-order valence-corrected chi connectivity index (χ1v) is 5.27. The highest BCUT2D eigenvalue weighted by Crippen LogP contribution is 2.45. The minimum Gasteiger partial charge on any atom is -0.507 e. The monoisotopic (exact) mass is 218 g/mol. The van der Waals surface area contributed by atoms with Crippen molar-refractivity contribution in [3.05, 3.63) is 22.3 Å². The summed E-state index contributed by atoms with van der Waals surface area (Å²) in [7, 11) is 0. The van der Waals surface area contributed by atoms with Crippen molar-refractivity contribution in [2.75, 3.05) is 0 Å². The molecule has 0 heterocycles. The summed E-state index contributed by atoms with van der Waals surface area (Å²) in [5.74, 6) is -0.470. The predicted octanol–water partition coefficient (Wildman–Crippen LogP) is 1.36. The van der Waals surface area contributed by atoms with E-state index in [0.717, 1.165) is 0 Å². The van der Waals surface area contributed by atoms with Crippen LogP contribution < -0.4 is 0 Å². The van der Waals surface area contributed by atoms with Gasteiger partial charge in [-0.2, -0.15) is 0 Å². The second kappa shape index (κ2) is 2.84. The highest BCUT2D eigenvalue weighted by molar-refractivity contribution is 6.10. The van der Waals surface area contributed by atoms with Crippen molar-refractivity contribution >= 4 is 11.6 Å². The molecule has 0 fully saturated rings. The Morgan fingerprint density at radius 3 is 1.44 bits per heavy atom. The van der Waals surface area contributed by atoms with Crippen LogP contribution in [0.2, 0.25) is 0 Å². The zero-order valence-corrected chi connectivity index (χ0v) is 8.54. The fraction of sp³-hybridized carbons (Fsp3) is 0.333. The first-order chi connectivity index (χ1) is 7.61. The van der Waals surface area contributed by atoms with Crippen LogP contribution in [0.1, 0.15) is 44.7 Å². The van der Waals surface area contributed by atoms with Gasteiger partial charge in [-0.15, -0.1) is 0 Å². The molecule has 0 saturated heterocycles. The van der Waals surface area contributed by atoms with Gasteiger partial charge in [0.15, 0.2) is 11.6 Å². The van der Waals surface area contributed by atoms with Crippen molar-refractivity contribution in [3.63, 3.8) is 0 Å². The van der Waals surface area contributed by atoms with Crippen molar-refractivity contribution in [2.24, 2.45) is 0 Å². The third kappa shape index (κ3) is 0.939. The van der Waals surface area contributed by atoms with Gasteiger partial charge in [-0.05, 0) is 12.8 Å². The average Bonchev–Trinajstić information content (AvgIpc) is 2.80. The third-order valence-corrected chi connectivity index (χ3v) is 3.41. The van der Waals surface area contributed by atoms with Gasteiger partial charge in [0.05, 0.1) is 11.1 Å². The number of carbonyl (C=O) groups is 2. The van der Waals surface area contributed by atoms with Crippen molar-refractivity contribution in [1.29, 1.82) is 0 Å².